The van der Waals surface area contributed by atoms with Gasteiger partial charge in [-0.2, -0.15) is 5.10 Å². The molecule has 0 aliphatic carbocycles. The standard InChI is InChI=1S/C21H24Cl2N2O2S/c1-11-12(2)14(4)18(15(5)13(11)3)9-28-10-20(26)25-24-8-16-6-17(22)7-19(23)21(16)27/h6-8,27H,9-10H2,1-5H3,(H,25,26)/b24-8-. The number of aromatic hydroxyl groups is 1. The minimum absolute atomic E-state index is 0.130. The highest BCUT2D eigenvalue weighted by molar-refractivity contribution is 7.99. The first-order chi connectivity index (χ1) is 13.1. The van der Waals surface area contributed by atoms with Gasteiger partial charge >= 0.3 is 0 Å². The monoisotopic (exact) mass is 438 g/mol. The Hall–Kier alpha value is -1.69. The second-order valence-electron chi connectivity index (χ2n) is 6.71. The van der Waals surface area contributed by atoms with E-state index in [0.29, 0.717) is 10.6 Å². The van der Waals surface area contributed by atoms with E-state index in [9.17, 15) is 9.90 Å². The summed E-state index contributed by atoms with van der Waals surface area (Å²) in [5, 5.41) is 14.2. The van der Waals surface area contributed by atoms with Crippen LogP contribution in [0.5, 0.6) is 5.75 Å². The Morgan fingerprint density at radius 1 is 1.07 bits per heavy atom. The Morgan fingerprint density at radius 3 is 2.25 bits per heavy atom. The molecule has 0 aliphatic rings. The smallest absolute Gasteiger partial charge is 0.250 e. The molecule has 28 heavy (non-hydrogen) atoms. The van der Waals surface area contributed by atoms with Crippen LogP contribution >= 0.6 is 35.0 Å². The lowest BCUT2D eigenvalue weighted by Gasteiger charge is -2.18. The van der Waals surface area contributed by atoms with Crippen molar-refractivity contribution in [2.45, 2.75) is 40.4 Å². The molecule has 150 valence electrons. The second kappa shape index (κ2) is 9.68. The fourth-order valence-corrected chi connectivity index (χ4v) is 4.43. The number of halogens is 2. The summed E-state index contributed by atoms with van der Waals surface area (Å²) in [5.41, 5.74) is 10.6. The van der Waals surface area contributed by atoms with E-state index < -0.39 is 0 Å². The topological polar surface area (TPSA) is 61.7 Å². The summed E-state index contributed by atoms with van der Waals surface area (Å²) in [4.78, 5) is 12.0. The molecule has 2 aromatic rings. The molecule has 2 rings (SSSR count). The zero-order valence-electron chi connectivity index (χ0n) is 16.6. The molecule has 0 radical (unpaired) electrons. The van der Waals surface area contributed by atoms with Gasteiger partial charge < -0.3 is 5.11 Å². The van der Waals surface area contributed by atoms with E-state index in [0.717, 1.165) is 5.75 Å². The Morgan fingerprint density at radius 2 is 1.64 bits per heavy atom. The van der Waals surface area contributed by atoms with Crippen LogP contribution < -0.4 is 5.43 Å². The van der Waals surface area contributed by atoms with Gasteiger partial charge in [-0.1, -0.05) is 23.2 Å². The Labute approximate surface area is 180 Å². The zero-order chi connectivity index (χ0) is 21.0. The van der Waals surface area contributed by atoms with Crippen LogP contribution in [0, 0.1) is 34.6 Å². The van der Waals surface area contributed by atoms with Crippen molar-refractivity contribution in [3.8, 4) is 5.75 Å². The molecule has 0 aliphatic heterocycles. The summed E-state index contributed by atoms with van der Waals surface area (Å²) in [5.74, 6) is 0.700. The van der Waals surface area contributed by atoms with Crippen LogP contribution in [0.4, 0.5) is 0 Å². The van der Waals surface area contributed by atoms with E-state index in [1.807, 2.05) is 0 Å². The highest BCUT2D eigenvalue weighted by Crippen LogP contribution is 2.30. The van der Waals surface area contributed by atoms with Crippen LogP contribution in [0.3, 0.4) is 0 Å². The van der Waals surface area contributed by atoms with Crippen molar-refractivity contribution < 1.29 is 9.90 Å². The van der Waals surface area contributed by atoms with Gasteiger partial charge in [0.05, 0.1) is 17.0 Å². The maximum Gasteiger partial charge on any atom is 0.250 e. The van der Waals surface area contributed by atoms with E-state index in [4.69, 9.17) is 23.2 Å². The van der Waals surface area contributed by atoms with Crippen LogP contribution in [0.15, 0.2) is 17.2 Å². The molecule has 0 aromatic heterocycles. The highest BCUT2D eigenvalue weighted by Gasteiger charge is 2.13. The number of carbonyl (C=O) groups excluding carboxylic acids is 1. The molecule has 7 heteroatoms. The van der Waals surface area contributed by atoms with E-state index in [1.165, 1.54) is 51.7 Å². The number of hydrogen-bond acceptors (Lipinski definition) is 4. The predicted molar refractivity (Wildman–Crippen MR) is 120 cm³/mol. The van der Waals surface area contributed by atoms with Gasteiger partial charge in [0, 0.05) is 16.3 Å². The van der Waals surface area contributed by atoms with Crippen LogP contribution in [-0.4, -0.2) is 23.0 Å². The minimum Gasteiger partial charge on any atom is -0.506 e. The lowest BCUT2D eigenvalue weighted by atomic mass is 9.90. The first-order valence-corrected chi connectivity index (χ1v) is 10.7. The zero-order valence-corrected chi connectivity index (χ0v) is 18.9. The van der Waals surface area contributed by atoms with Crippen molar-refractivity contribution in [3.05, 3.63) is 61.1 Å². The number of thioether (sulfide) groups is 1. The van der Waals surface area contributed by atoms with E-state index >= 15 is 0 Å². The third kappa shape index (κ3) is 5.22. The molecule has 0 bridgehead atoms. The second-order valence-corrected chi connectivity index (χ2v) is 8.54. The molecular weight excluding hydrogens is 415 g/mol. The number of carbonyl (C=O) groups is 1. The molecular formula is C21H24Cl2N2O2S. The normalized spacial score (nSPS) is 11.2. The van der Waals surface area contributed by atoms with E-state index in [-0.39, 0.29) is 22.4 Å². The van der Waals surface area contributed by atoms with Gasteiger partial charge in [-0.3, -0.25) is 4.79 Å². The highest BCUT2D eigenvalue weighted by atomic mass is 35.5. The van der Waals surface area contributed by atoms with Gasteiger partial charge in [0.15, 0.2) is 0 Å². The molecule has 0 heterocycles. The van der Waals surface area contributed by atoms with Gasteiger partial charge in [0.1, 0.15) is 5.75 Å². The number of benzene rings is 2. The number of phenols is 1. The molecule has 0 saturated heterocycles. The largest absolute Gasteiger partial charge is 0.506 e. The van der Waals surface area contributed by atoms with Crippen molar-refractivity contribution in [3.63, 3.8) is 0 Å². The Kier molecular flexibility index (Phi) is 7.81. The molecule has 4 nitrogen and oxygen atoms in total. The molecule has 0 saturated carbocycles. The van der Waals surface area contributed by atoms with Crippen molar-refractivity contribution in [2.75, 3.05) is 5.75 Å². The van der Waals surface area contributed by atoms with Gasteiger partial charge in [-0.25, -0.2) is 5.43 Å². The number of amides is 1. The molecule has 0 atom stereocenters. The number of nitrogens with one attached hydrogen (secondary N) is 1. The number of hydrogen-bond donors (Lipinski definition) is 2. The fraction of sp³-hybridized carbons (Fsp3) is 0.333. The van der Waals surface area contributed by atoms with E-state index in [1.54, 1.807) is 11.8 Å². The van der Waals surface area contributed by atoms with Crippen molar-refractivity contribution in [1.29, 1.82) is 0 Å². The van der Waals surface area contributed by atoms with Crippen LogP contribution in [0.2, 0.25) is 10.0 Å². The van der Waals surface area contributed by atoms with Gasteiger partial charge in [-0.15, -0.1) is 11.8 Å². The third-order valence-corrected chi connectivity index (χ3v) is 6.55. The average Bonchev–Trinajstić information content (AvgIpc) is 2.65. The summed E-state index contributed by atoms with van der Waals surface area (Å²) in [6.45, 7) is 10.7. The molecule has 0 unspecified atom stereocenters. The summed E-state index contributed by atoms with van der Waals surface area (Å²) in [6.07, 6.45) is 1.32. The first-order valence-electron chi connectivity index (χ1n) is 8.77. The van der Waals surface area contributed by atoms with Gasteiger partial charge in [0.2, 0.25) is 5.91 Å². The third-order valence-electron chi connectivity index (χ3n) is 5.09. The van der Waals surface area contributed by atoms with Gasteiger partial charge in [0.25, 0.3) is 0 Å². The molecule has 2 aromatic carbocycles. The van der Waals surface area contributed by atoms with E-state index in [2.05, 4.69) is 45.1 Å². The Bertz CT molecular complexity index is 914. The summed E-state index contributed by atoms with van der Waals surface area (Å²) in [7, 11) is 0. The summed E-state index contributed by atoms with van der Waals surface area (Å²) < 4.78 is 0. The summed E-state index contributed by atoms with van der Waals surface area (Å²) >= 11 is 13.3. The van der Waals surface area contributed by atoms with Crippen LogP contribution in [0.25, 0.3) is 0 Å². The number of rotatable bonds is 6. The number of nitrogens with zero attached hydrogens (tertiary/aromatic N) is 1. The first kappa shape index (κ1) is 22.6. The van der Waals surface area contributed by atoms with Crippen molar-refractivity contribution in [2.24, 2.45) is 5.10 Å². The maximum atomic E-state index is 12.0. The van der Waals surface area contributed by atoms with Crippen molar-refractivity contribution in [1.82, 2.24) is 5.43 Å². The molecule has 1 amide bonds. The summed E-state index contributed by atoms with van der Waals surface area (Å²) in [6, 6.07) is 2.95. The molecule has 0 spiro atoms. The number of phenolic OH excluding ortho intramolecular Hbond substituents is 1. The van der Waals surface area contributed by atoms with Crippen molar-refractivity contribution >= 4 is 47.1 Å². The van der Waals surface area contributed by atoms with Crippen LogP contribution in [0.1, 0.15) is 38.9 Å². The lowest BCUT2D eigenvalue weighted by molar-refractivity contribution is -0.118. The van der Waals surface area contributed by atoms with Gasteiger partial charge in [-0.05, 0) is 80.1 Å². The fourth-order valence-electron chi connectivity index (χ4n) is 2.93. The maximum absolute atomic E-state index is 12.0. The minimum atomic E-state index is -0.218. The molecule has 0 fully saturated rings. The SMILES string of the molecule is Cc1c(C)c(C)c(CSCC(=O)N/N=C\c2cc(Cl)cc(Cl)c2O)c(C)c1C. The Balaban J connectivity index is 1.94. The predicted octanol–water partition coefficient (Wildman–Crippen LogP) is 5.62. The lowest BCUT2D eigenvalue weighted by Crippen LogP contribution is -2.19. The number of hydrazone groups is 1. The van der Waals surface area contributed by atoms with Crippen LogP contribution in [-0.2, 0) is 10.5 Å². The molecule has 2 N–H and O–H groups in total. The average molecular weight is 439 g/mol. The quantitative estimate of drug-likeness (QED) is 0.453.